The van der Waals surface area contributed by atoms with Crippen LogP contribution in [0.15, 0.2) is 60.1 Å². The Labute approximate surface area is 168 Å². The van der Waals surface area contributed by atoms with Gasteiger partial charge in [0, 0.05) is 37.4 Å². The van der Waals surface area contributed by atoms with Gasteiger partial charge in [-0.15, -0.1) is 5.73 Å². The van der Waals surface area contributed by atoms with E-state index in [0.717, 1.165) is 36.9 Å². The number of allylic oxidation sites excluding steroid dienone is 3. The van der Waals surface area contributed by atoms with E-state index in [-0.39, 0.29) is 0 Å². The first-order valence-corrected chi connectivity index (χ1v) is 10.7. The minimum atomic E-state index is 0.883. The fourth-order valence-electron chi connectivity index (χ4n) is 4.89. The largest absolute Gasteiger partial charge is 0.371 e. The van der Waals surface area contributed by atoms with Gasteiger partial charge in [-0.2, -0.15) is 0 Å². The lowest BCUT2D eigenvalue weighted by atomic mass is 9.69. The van der Waals surface area contributed by atoms with Crippen LogP contribution in [0.5, 0.6) is 0 Å². The smallest absolute Gasteiger partial charge is 0.0954 e. The van der Waals surface area contributed by atoms with E-state index < -0.39 is 0 Å². The summed E-state index contributed by atoms with van der Waals surface area (Å²) < 4.78 is 2.30. The summed E-state index contributed by atoms with van der Waals surface area (Å²) in [7, 11) is 0. The second-order valence-electron chi connectivity index (χ2n) is 8.61. The topological polar surface area (TPSA) is 21.1 Å². The Kier molecular flexibility index (Phi) is 4.70. The van der Waals surface area contributed by atoms with E-state index in [0.29, 0.717) is 0 Å². The third-order valence-corrected chi connectivity index (χ3v) is 6.87. The highest BCUT2D eigenvalue weighted by Gasteiger charge is 2.35. The van der Waals surface area contributed by atoms with Crippen molar-refractivity contribution in [2.75, 3.05) is 18.0 Å². The van der Waals surface area contributed by atoms with Crippen molar-refractivity contribution in [2.24, 2.45) is 11.8 Å². The van der Waals surface area contributed by atoms with Crippen molar-refractivity contribution in [3.8, 4) is 0 Å². The molecule has 3 heteroatoms. The summed E-state index contributed by atoms with van der Waals surface area (Å²) in [4.78, 5) is 7.17. The zero-order valence-corrected chi connectivity index (χ0v) is 16.8. The lowest BCUT2D eigenvalue weighted by Gasteiger charge is -2.46. The van der Waals surface area contributed by atoms with Crippen molar-refractivity contribution in [3.05, 3.63) is 77.1 Å². The number of aryl methyl sites for hydroxylation is 1. The Morgan fingerprint density at radius 3 is 2.68 bits per heavy atom. The highest BCUT2D eigenvalue weighted by molar-refractivity contribution is 5.48. The summed E-state index contributed by atoms with van der Waals surface area (Å²) in [6, 6.07) is 9.22. The summed E-state index contributed by atoms with van der Waals surface area (Å²) in [6.45, 7) is 5.48. The van der Waals surface area contributed by atoms with Gasteiger partial charge in [0.25, 0.3) is 0 Å². The Morgan fingerprint density at radius 1 is 1.11 bits per heavy atom. The van der Waals surface area contributed by atoms with E-state index in [2.05, 4.69) is 69.6 Å². The molecule has 0 radical (unpaired) electrons. The summed E-state index contributed by atoms with van der Waals surface area (Å²) in [5.74, 6) is 1.96. The predicted molar refractivity (Wildman–Crippen MR) is 115 cm³/mol. The van der Waals surface area contributed by atoms with Crippen molar-refractivity contribution < 1.29 is 0 Å². The molecule has 1 aromatic heterocycles. The van der Waals surface area contributed by atoms with E-state index in [4.69, 9.17) is 0 Å². The summed E-state index contributed by atoms with van der Waals surface area (Å²) in [5.41, 5.74) is 9.73. The first kappa shape index (κ1) is 17.6. The zero-order valence-electron chi connectivity index (χ0n) is 16.8. The van der Waals surface area contributed by atoms with Gasteiger partial charge in [0.05, 0.1) is 12.0 Å². The van der Waals surface area contributed by atoms with Crippen LogP contribution in [0.3, 0.4) is 0 Å². The van der Waals surface area contributed by atoms with Crippen LogP contribution in [-0.2, 0) is 13.0 Å². The number of hydrogen-bond acceptors (Lipinski definition) is 2. The third-order valence-electron chi connectivity index (χ3n) is 6.87. The van der Waals surface area contributed by atoms with E-state index in [1.807, 2.05) is 6.33 Å². The Bertz CT molecular complexity index is 941. The maximum Gasteiger partial charge on any atom is 0.0954 e. The molecule has 2 atom stereocenters. The molecule has 0 bridgehead atoms. The average Bonchev–Trinajstić information content (AvgIpc) is 3.04. The minimum absolute atomic E-state index is 0.883. The molecule has 3 aliphatic rings. The molecule has 28 heavy (non-hydrogen) atoms. The molecule has 2 heterocycles. The molecule has 1 aliphatic heterocycles. The number of rotatable bonds is 5. The van der Waals surface area contributed by atoms with Crippen molar-refractivity contribution in [2.45, 2.75) is 45.6 Å². The van der Waals surface area contributed by atoms with Crippen LogP contribution in [0.25, 0.3) is 0 Å². The molecule has 0 spiro atoms. The van der Waals surface area contributed by atoms with Crippen LogP contribution in [0.1, 0.15) is 42.6 Å². The molecule has 144 valence electrons. The van der Waals surface area contributed by atoms with Crippen molar-refractivity contribution in [1.29, 1.82) is 0 Å². The summed E-state index contributed by atoms with van der Waals surface area (Å²) in [5, 5.41) is 0. The van der Waals surface area contributed by atoms with Crippen LogP contribution in [-0.4, -0.2) is 22.6 Å². The number of anilines is 1. The molecule has 1 aromatic carbocycles. The van der Waals surface area contributed by atoms with Crippen molar-refractivity contribution in [3.63, 3.8) is 0 Å². The lowest BCUT2D eigenvalue weighted by Crippen LogP contribution is -2.45. The fraction of sp³-hybridized carbons (Fsp3) is 0.440. The van der Waals surface area contributed by atoms with Crippen molar-refractivity contribution >= 4 is 5.69 Å². The van der Waals surface area contributed by atoms with Crippen LogP contribution in [0, 0.1) is 18.8 Å². The number of imidazole rings is 1. The molecular weight excluding hydrogens is 342 g/mol. The standard InChI is InChI=1S/C25H29N3/c1-19-25(15-20-5-3-2-4-6-20)28(18-26-19)16-21-7-11-24(12-8-21)27-14-13-22-9-10-23(22)17-27/h2,5-8,11-12,18,22-23H,3,9-10,13-17H2,1H3/t22-,23?/m1/s1. The number of fused-ring (bicyclic) bond motifs is 1. The Morgan fingerprint density at radius 2 is 1.96 bits per heavy atom. The normalized spacial score (nSPS) is 23.3. The van der Waals surface area contributed by atoms with Gasteiger partial charge < -0.3 is 9.47 Å². The molecule has 0 amide bonds. The first-order valence-electron chi connectivity index (χ1n) is 10.7. The van der Waals surface area contributed by atoms with Crippen LogP contribution < -0.4 is 4.90 Å². The second kappa shape index (κ2) is 7.48. The molecular formula is C25H29N3. The highest BCUT2D eigenvalue weighted by Crippen LogP contribution is 2.41. The average molecular weight is 372 g/mol. The molecule has 2 aliphatic carbocycles. The number of nitrogens with zero attached hydrogens (tertiary/aromatic N) is 3. The number of aromatic nitrogens is 2. The Balaban J connectivity index is 1.28. The van der Waals surface area contributed by atoms with Gasteiger partial charge >= 0.3 is 0 Å². The van der Waals surface area contributed by atoms with Gasteiger partial charge in [-0.05, 0) is 79.9 Å². The minimum Gasteiger partial charge on any atom is -0.371 e. The lowest BCUT2D eigenvalue weighted by molar-refractivity contribution is 0.146. The summed E-state index contributed by atoms with van der Waals surface area (Å²) in [6.07, 6.45) is 14.6. The van der Waals surface area contributed by atoms with E-state index in [9.17, 15) is 0 Å². The molecule has 1 saturated heterocycles. The van der Waals surface area contributed by atoms with E-state index >= 15 is 0 Å². The SMILES string of the molecule is Cc1ncn(Cc2ccc(N3CC[C@H]4CCC4C3)cc2)c1CC1=CCC=C=C1. The van der Waals surface area contributed by atoms with Gasteiger partial charge in [0.15, 0.2) is 0 Å². The molecule has 5 rings (SSSR count). The molecule has 3 nitrogen and oxygen atoms in total. The highest BCUT2D eigenvalue weighted by atomic mass is 15.1. The fourth-order valence-corrected chi connectivity index (χ4v) is 4.89. The monoisotopic (exact) mass is 371 g/mol. The van der Waals surface area contributed by atoms with Gasteiger partial charge in [-0.3, -0.25) is 0 Å². The number of piperidine rings is 1. The van der Waals surface area contributed by atoms with Gasteiger partial charge in [-0.1, -0.05) is 18.2 Å². The molecule has 1 saturated carbocycles. The molecule has 2 aromatic rings. The van der Waals surface area contributed by atoms with Gasteiger partial charge in [0.2, 0.25) is 0 Å². The third kappa shape index (κ3) is 3.47. The quantitative estimate of drug-likeness (QED) is 0.685. The van der Waals surface area contributed by atoms with Crippen LogP contribution in [0.4, 0.5) is 5.69 Å². The van der Waals surface area contributed by atoms with Crippen molar-refractivity contribution in [1.82, 2.24) is 9.55 Å². The van der Waals surface area contributed by atoms with Crippen LogP contribution in [0.2, 0.25) is 0 Å². The first-order chi connectivity index (χ1) is 13.8. The van der Waals surface area contributed by atoms with Gasteiger partial charge in [-0.25, -0.2) is 4.98 Å². The Hall–Kier alpha value is -2.51. The maximum atomic E-state index is 4.58. The van der Waals surface area contributed by atoms with E-state index in [1.165, 1.54) is 54.9 Å². The zero-order chi connectivity index (χ0) is 18.9. The van der Waals surface area contributed by atoms with Crippen LogP contribution >= 0.6 is 0 Å². The molecule has 1 unspecified atom stereocenters. The maximum absolute atomic E-state index is 4.58. The number of hydrogen-bond donors (Lipinski definition) is 0. The predicted octanol–water partition coefficient (Wildman–Crippen LogP) is 5.06. The second-order valence-corrected chi connectivity index (χ2v) is 8.61. The number of benzene rings is 1. The summed E-state index contributed by atoms with van der Waals surface area (Å²) >= 11 is 0. The van der Waals surface area contributed by atoms with Gasteiger partial charge in [0.1, 0.15) is 0 Å². The molecule has 2 fully saturated rings. The van der Waals surface area contributed by atoms with E-state index in [1.54, 1.807) is 0 Å². The molecule has 0 N–H and O–H groups in total.